The second kappa shape index (κ2) is 7.50. The number of amides is 1. The molecule has 1 unspecified atom stereocenters. The summed E-state index contributed by atoms with van der Waals surface area (Å²) in [5.41, 5.74) is 1.15. The highest BCUT2D eigenvalue weighted by Gasteiger charge is 2.32. The van der Waals surface area contributed by atoms with E-state index in [1.807, 2.05) is 0 Å². The number of carbonyl (C=O) groups excluding carboxylic acids is 2. The van der Waals surface area contributed by atoms with Crippen molar-refractivity contribution in [2.75, 3.05) is 11.1 Å². The maximum atomic E-state index is 12.3. The predicted octanol–water partition coefficient (Wildman–Crippen LogP) is 3.41. The van der Waals surface area contributed by atoms with E-state index in [2.05, 4.69) is 22.4 Å². The molecule has 0 bridgehead atoms. The topological polar surface area (TPSA) is 81.2 Å². The fraction of sp³-hybridized carbons (Fsp3) is 0.333. The van der Waals surface area contributed by atoms with Crippen LogP contribution in [0.2, 0.25) is 5.02 Å². The van der Waals surface area contributed by atoms with Gasteiger partial charge in [0.2, 0.25) is 5.13 Å². The fourth-order valence-corrected chi connectivity index (χ4v) is 4.08. The normalized spacial score (nSPS) is 16.4. The van der Waals surface area contributed by atoms with E-state index in [1.54, 1.807) is 30.0 Å². The van der Waals surface area contributed by atoms with Gasteiger partial charge in [-0.25, -0.2) is 4.79 Å². The minimum atomic E-state index is -0.904. The number of ether oxygens (including phenoxy) is 1. The molecule has 0 aliphatic carbocycles. The Hall–Kier alpha value is -1.64. The lowest BCUT2D eigenvalue weighted by molar-refractivity contribution is -0.125. The Kier molecular flexibility index (Phi) is 5.37. The van der Waals surface area contributed by atoms with Gasteiger partial charge in [0, 0.05) is 17.2 Å². The van der Waals surface area contributed by atoms with E-state index in [4.69, 9.17) is 16.3 Å². The highest BCUT2D eigenvalue weighted by atomic mass is 35.5. The first-order valence-electron chi connectivity index (χ1n) is 7.33. The van der Waals surface area contributed by atoms with Gasteiger partial charge in [0.15, 0.2) is 10.4 Å². The molecule has 0 radical (unpaired) electrons. The first kappa shape index (κ1) is 17.2. The molecular formula is C15H14ClN3O3S2. The second-order valence-corrected chi connectivity index (χ2v) is 7.87. The predicted molar refractivity (Wildman–Crippen MR) is 93.9 cm³/mol. The number of aromatic nitrogens is 2. The fourth-order valence-electron chi connectivity index (χ4n) is 2.20. The summed E-state index contributed by atoms with van der Waals surface area (Å²) in [6.45, 7) is 2.08. The maximum absolute atomic E-state index is 12.3. The van der Waals surface area contributed by atoms with Crippen molar-refractivity contribution >= 4 is 51.7 Å². The first-order valence-corrected chi connectivity index (χ1v) is 9.51. The van der Waals surface area contributed by atoms with Crippen LogP contribution in [0.5, 0.6) is 0 Å². The Morgan fingerprint density at radius 3 is 3.12 bits per heavy atom. The van der Waals surface area contributed by atoms with Crippen LogP contribution in [0, 0.1) is 0 Å². The lowest BCUT2D eigenvalue weighted by Crippen LogP contribution is -2.38. The van der Waals surface area contributed by atoms with E-state index in [0.717, 1.165) is 16.5 Å². The molecule has 6 nitrogen and oxygen atoms in total. The van der Waals surface area contributed by atoms with Gasteiger partial charge < -0.3 is 4.74 Å². The number of cyclic esters (lactones) is 1. The van der Waals surface area contributed by atoms with E-state index in [0.29, 0.717) is 21.3 Å². The van der Waals surface area contributed by atoms with Crippen molar-refractivity contribution in [2.24, 2.45) is 0 Å². The number of esters is 1. The van der Waals surface area contributed by atoms with Gasteiger partial charge in [0.1, 0.15) is 0 Å². The number of carbonyl (C=O) groups is 2. The standard InChI is InChI=1S/C15H14ClN3O3S2/c1-2-5-23-15-19-18-14(24-15)17-12(20)11-7-8-6-9(16)3-4-10(8)13(21)22-11/h3-4,6,11H,2,5,7H2,1H3,(H,17,18,20). The molecule has 1 aliphatic heterocycles. The Morgan fingerprint density at radius 1 is 1.50 bits per heavy atom. The number of hydrogen-bond acceptors (Lipinski definition) is 7. The molecule has 2 aromatic rings. The lowest BCUT2D eigenvalue weighted by Gasteiger charge is -2.23. The molecule has 3 rings (SSSR count). The van der Waals surface area contributed by atoms with Crippen LogP contribution >= 0.6 is 34.7 Å². The molecule has 24 heavy (non-hydrogen) atoms. The summed E-state index contributed by atoms with van der Waals surface area (Å²) in [5, 5.41) is 11.5. The van der Waals surface area contributed by atoms with Crippen molar-refractivity contribution in [2.45, 2.75) is 30.2 Å². The van der Waals surface area contributed by atoms with Crippen molar-refractivity contribution in [3.8, 4) is 0 Å². The lowest BCUT2D eigenvalue weighted by atomic mass is 9.98. The van der Waals surface area contributed by atoms with Crippen LogP contribution in [0.1, 0.15) is 29.3 Å². The van der Waals surface area contributed by atoms with Crippen LogP contribution in [0.25, 0.3) is 0 Å². The number of nitrogens with zero attached hydrogens (tertiary/aromatic N) is 2. The molecule has 9 heteroatoms. The molecule has 1 aromatic carbocycles. The minimum absolute atomic E-state index is 0.281. The van der Waals surface area contributed by atoms with Crippen LogP contribution in [-0.2, 0) is 16.0 Å². The van der Waals surface area contributed by atoms with Gasteiger partial charge in [-0.2, -0.15) is 0 Å². The van der Waals surface area contributed by atoms with E-state index < -0.39 is 18.0 Å². The number of thioether (sulfide) groups is 1. The number of benzene rings is 1. The summed E-state index contributed by atoms with van der Waals surface area (Å²) < 4.78 is 6.01. The quantitative estimate of drug-likeness (QED) is 0.484. The zero-order valence-corrected chi connectivity index (χ0v) is 15.1. The zero-order chi connectivity index (χ0) is 17.1. The number of nitrogens with one attached hydrogen (secondary N) is 1. The number of anilines is 1. The molecule has 0 saturated heterocycles. The molecule has 1 atom stereocenters. The molecule has 0 spiro atoms. The number of rotatable bonds is 5. The third-order valence-corrected chi connectivity index (χ3v) is 5.71. The highest BCUT2D eigenvalue weighted by Crippen LogP contribution is 2.27. The van der Waals surface area contributed by atoms with Crippen LogP contribution in [0.15, 0.2) is 22.5 Å². The van der Waals surface area contributed by atoms with Crippen molar-refractivity contribution in [3.05, 3.63) is 34.3 Å². The summed E-state index contributed by atoms with van der Waals surface area (Å²) >= 11 is 8.85. The molecule has 1 aliphatic rings. The largest absolute Gasteiger partial charge is 0.448 e. The summed E-state index contributed by atoms with van der Waals surface area (Å²) in [4.78, 5) is 24.4. The minimum Gasteiger partial charge on any atom is -0.448 e. The van der Waals surface area contributed by atoms with E-state index in [-0.39, 0.29) is 6.42 Å². The summed E-state index contributed by atoms with van der Waals surface area (Å²) in [6, 6.07) is 4.91. The van der Waals surface area contributed by atoms with Gasteiger partial charge in [0.05, 0.1) is 5.56 Å². The van der Waals surface area contributed by atoms with Gasteiger partial charge in [-0.3, -0.25) is 10.1 Å². The van der Waals surface area contributed by atoms with Crippen molar-refractivity contribution < 1.29 is 14.3 Å². The van der Waals surface area contributed by atoms with E-state index >= 15 is 0 Å². The zero-order valence-electron chi connectivity index (χ0n) is 12.7. The van der Waals surface area contributed by atoms with Crippen LogP contribution in [0.3, 0.4) is 0 Å². The Labute approximate surface area is 151 Å². The van der Waals surface area contributed by atoms with Crippen molar-refractivity contribution in [1.29, 1.82) is 0 Å². The molecular weight excluding hydrogens is 370 g/mol. The maximum Gasteiger partial charge on any atom is 0.339 e. The molecule has 1 aromatic heterocycles. The summed E-state index contributed by atoms with van der Waals surface area (Å²) in [5.74, 6) is 0.00192. The first-order chi connectivity index (χ1) is 11.6. The van der Waals surface area contributed by atoms with Crippen LogP contribution < -0.4 is 5.32 Å². The third-order valence-electron chi connectivity index (χ3n) is 3.30. The number of fused-ring (bicyclic) bond motifs is 1. The third kappa shape index (κ3) is 3.88. The smallest absolute Gasteiger partial charge is 0.339 e. The molecule has 0 fully saturated rings. The molecule has 0 saturated carbocycles. The van der Waals surface area contributed by atoms with Gasteiger partial charge >= 0.3 is 5.97 Å². The van der Waals surface area contributed by atoms with Crippen molar-refractivity contribution in [1.82, 2.24) is 10.2 Å². The van der Waals surface area contributed by atoms with Gasteiger partial charge in [-0.15, -0.1) is 10.2 Å². The SMILES string of the molecule is CCCSc1nnc(NC(=O)C2Cc3cc(Cl)ccc3C(=O)O2)s1. The summed E-state index contributed by atoms with van der Waals surface area (Å²) in [7, 11) is 0. The molecule has 1 N–H and O–H groups in total. The van der Waals surface area contributed by atoms with Gasteiger partial charge in [-0.1, -0.05) is 41.6 Å². The second-order valence-electron chi connectivity index (χ2n) is 5.11. The van der Waals surface area contributed by atoms with Gasteiger partial charge in [0.25, 0.3) is 5.91 Å². The average Bonchev–Trinajstić information content (AvgIpc) is 2.99. The van der Waals surface area contributed by atoms with E-state index in [1.165, 1.54) is 11.3 Å². The molecule has 2 heterocycles. The Morgan fingerprint density at radius 2 is 2.33 bits per heavy atom. The van der Waals surface area contributed by atoms with Crippen LogP contribution in [0.4, 0.5) is 5.13 Å². The van der Waals surface area contributed by atoms with Crippen molar-refractivity contribution in [3.63, 3.8) is 0 Å². The summed E-state index contributed by atoms with van der Waals surface area (Å²) in [6.07, 6.45) is 0.412. The van der Waals surface area contributed by atoms with E-state index in [9.17, 15) is 9.59 Å². The Bertz CT molecular complexity index is 781. The molecule has 1 amide bonds. The highest BCUT2D eigenvalue weighted by molar-refractivity contribution is 8.01. The molecule has 126 valence electrons. The number of hydrogen-bond donors (Lipinski definition) is 1. The number of halogens is 1. The van der Waals surface area contributed by atoms with Crippen LogP contribution in [-0.4, -0.2) is 33.9 Å². The Balaban J connectivity index is 1.67. The monoisotopic (exact) mass is 383 g/mol. The van der Waals surface area contributed by atoms with Gasteiger partial charge in [-0.05, 0) is 30.2 Å². The average molecular weight is 384 g/mol.